The molecule has 0 bridgehead atoms. The smallest absolute Gasteiger partial charge is 0.193 e. The van der Waals surface area contributed by atoms with Gasteiger partial charge in [0, 0.05) is 11.1 Å². The van der Waals surface area contributed by atoms with Crippen molar-refractivity contribution in [2.75, 3.05) is 0 Å². The number of aromatic nitrogens is 2. The number of phenols is 1. The highest BCUT2D eigenvalue weighted by Crippen LogP contribution is 2.34. The third-order valence-electron chi connectivity index (χ3n) is 3.82. The number of aryl methyl sites for hydroxylation is 1. The van der Waals surface area contributed by atoms with Crippen LogP contribution in [0.25, 0.3) is 33.5 Å². The summed E-state index contributed by atoms with van der Waals surface area (Å²) in [6, 6.07) is 19.0. The normalized spacial score (nSPS) is 11.0. The Hall–Kier alpha value is -3.14. The van der Waals surface area contributed by atoms with Crippen molar-refractivity contribution in [2.24, 2.45) is 0 Å². The van der Waals surface area contributed by atoms with Crippen LogP contribution in [0.1, 0.15) is 5.69 Å². The fourth-order valence-corrected chi connectivity index (χ4v) is 2.67. The molecule has 23 heavy (non-hydrogen) atoms. The maximum absolute atomic E-state index is 9.78. The number of rotatable bonds is 2. The lowest BCUT2D eigenvalue weighted by Gasteiger charge is -2.07. The lowest BCUT2D eigenvalue weighted by Crippen LogP contribution is -1.88. The molecule has 2 heterocycles. The van der Waals surface area contributed by atoms with Crippen LogP contribution in [-0.4, -0.2) is 15.2 Å². The summed E-state index contributed by atoms with van der Waals surface area (Å²) >= 11 is 0. The molecule has 0 unspecified atom stereocenters. The summed E-state index contributed by atoms with van der Waals surface area (Å²) in [6.45, 7) is 1.87. The number of benzene rings is 2. The van der Waals surface area contributed by atoms with E-state index >= 15 is 0 Å². The molecule has 0 saturated heterocycles. The summed E-state index contributed by atoms with van der Waals surface area (Å²) in [5.41, 5.74) is 5.73. The zero-order valence-electron chi connectivity index (χ0n) is 12.5. The number of phenolic OH excluding ortho intramolecular Hbond substituents is 1. The average Bonchev–Trinajstić information content (AvgIpc) is 2.96. The number of hydrogen-bond donors (Lipinski definition) is 1. The number of hydrogen-bond acceptors (Lipinski definition) is 4. The first kappa shape index (κ1) is 13.5. The number of aromatic hydroxyl groups is 1. The van der Waals surface area contributed by atoms with E-state index in [1.165, 1.54) is 0 Å². The second kappa shape index (κ2) is 5.25. The van der Waals surface area contributed by atoms with Crippen molar-refractivity contribution in [3.8, 4) is 28.1 Å². The molecular formula is C19H14N2O2. The maximum atomic E-state index is 9.78. The third kappa shape index (κ3) is 2.34. The first-order valence-electron chi connectivity index (χ1n) is 7.34. The molecule has 0 saturated carbocycles. The molecule has 4 rings (SSSR count). The van der Waals surface area contributed by atoms with Gasteiger partial charge in [0.1, 0.15) is 17.0 Å². The van der Waals surface area contributed by atoms with E-state index < -0.39 is 0 Å². The van der Waals surface area contributed by atoms with Crippen LogP contribution in [0.15, 0.2) is 65.2 Å². The van der Waals surface area contributed by atoms with Gasteiger partial charge in [-0.2, -0.15) is 0 Å². The van der Waals surface area contributed by atoms with Gasteiger partial charge in [0.15, 0.2) is 5.58 Å². The molecule has 112 valence electrons. The SMILES string of the molecule is Cc1noc2c(-c3cccc(O)c3)cc(-c3ccccc3)nc12. The van der Waals surface area contributed by atoms with Crippen LogP contribution in [0.3, 0.4) is 0 Å². The van der Waals surface area contributed by atoms with Gasteiger partial charge in [-0.1, -0.05) is 47.6 Å². The summed E-state index contributed by atoms with van der Waals surface area (Å²) in [5.74, 6) is 0.213. The predicted octanol–water partition coefficient (Wildman–Crippen LogP) is 4.57. The van der Waals surface area contributed by atoms with Gasteiger partial charge in [-0.15, -0.1) is 0 Å². The molecule has 0 aliphatic carbocycles. The summed E-state index contributed by atoms with van der Waals surface area (Å²) in [7, 11) is 0. The van der Waals surface area contributed by atoms with Crippen molar-refractivity contribution in [3.05, 3.63) is 66.4 Å². The molecule has 0 spiro atoms. The zero-order valence-corrected chi connectivity index (χ0v) is 12.5. The summed E-state index contributed by atoms with van der Waals surface area (Å²) in [5, 5.41) is 13.8. The van der Waals surface area contributed by atoms with Crippen molar-refractivity contribution >= 4 is 11.1 Å². The molecule has 1 N–H and O–H groups in total. The van der Waals surface area contributed by atoms with Gasteiger partial charge in [-0.05, 0) is 30.7 Å². The standard InChI is InChI=1S/C19H14N2O2/c1-12-18-19(23-21-12)16(14-8-5-9-15(22)10-14)11-17(20-18)13-6-3-2-4-7-13/h2-11,22H,1H3. The highest BCUT2D eigenvalue weighted by Gasteiger charge is 2.15. The van der Waals surface area contributed by atoms with Crippen molar-refractivity contribution in [1.82, 2.24) is 10.1 Å². The fourth-order valence-electron chi connectivity index (χ4n) is 2.67. The van der Waals surface area contributed by atoms with Crippen LogP contribution in [0.4, 0.5) is 0 Å². The molecule has 0 atom stereocenters. The van der Waals surface area contributed by atoms with E-state index in [0.717, 1.165) is 33.6 Å². The van der Waals surface area contributed by atoms with E-state index in [-0.39, 0.29) is 5.75 Å². The van der Waals surface area contributed by atoms with Crippen LogP contribution in [0.2, 0.25) is 0 Å². The fraction of sp³-hybridized carbons (Fsp3) is 0.0526. The van der Waals surface area contributed by atoms with Crippen molar-refractivity contribution in [3.63, 3.8) is 0 Å². The summed E-state index contributed by atoms with van der Waals surface area (Å²) < 4.78 is 5.47. The Bertz CT molecular complexity index is 991. The monoisotopic (exact) mass is 302 g/mol. The van der Waals surface area contributed by atoms with Crippen molar-refractivity contribution in [2.45, 2.75) is 6.92 Å². The van der Waals surface area contributed by atoms with E-state index in [2.05, 4.69) is 5.16 Å². The minimum atomic E-state index is 0.213. The molecule has 0 fully saturated rings. The molecule has 2 aromatic heterocycles. The average molecular weight is 302 g/mol. The molecule has 4 aromatic rings. The highest BCUT2D eigenvalue weighted by molar-refractivity contribution is 5.93. The second-order valence-corrected chi connectivity index (χ2v) is 5.42. The van der Waals surface area contributed by atoms with Gasteiger partial charge in [0.2, 0.25) is 0 Å². The van der Waals surface area contributed by atoms with Gasteiger partial charge in [-0.3, -0.25) is 0 Å². The van der Waals surface area contributed by atoms with Crippen LogP contribution in [0, 0.1) is 6.92 Å². The summed E-state index contributed by atoms with van der Waals surface area (Å²) in [4.78, 5) is 4.69. The Labute approximate surface area is 133 Å². The van der Waals surface area contributed by atoms with E-state index in [0.29, 0.717) is 5.58 Å². The van der Waals surface area contributed by atoms with Crippen molar-refractivity contribution in [1.29, 1.82) is 0 Å². The number of nitrogens with zero attached hydrogens (tertiary/aromatic N) is 2. The third-order valence-corrected chi connectivity index (χ3v) is 3.82. The van der Waals surface area contributed by atoms with E-state index in [9.17, 15) is 5.11 Å². The molecule has 2 aromatic carbocycles. The first-order valence-corrected chi connectivity index (χ1v) is 7.34. The lowest BCUT2D eigenvalue weighted by molar-refractivity contribution is 0.451. The van der Waals surface area contributed by atoms with E-state index in [4.69, 9.17) is 9.51 Å². The number of fused-ring (bicyclic) bond motifs is 1. The van der Waals surface area contributed by atoms with Crippen molar-refractivity contribution < 1.29 is 9.63 Å². The Morgan fingerprint density at radius 3 is 2.48 bits per heavy atom. The Kier molecular flexibility index (Phi) is 3.08. The first-order chi connectivity index (χ1) is 11.2. The molecular weight excluding hydrogens is 288 g/mol. The minimum Gasteiger partial charge on any atom is -0.508 e. The van der Waals surface area contributed by atoms with Gasteiger partial charge >= 0.3 is 0 Å². The summed E-state index contributed by atoms with van der Waals surface area (Å²) in [6.07, 6.45) is 0. The highest BCUT2D eigenvalue weighted by atomic mass is 16.5. The van der Waals surface area contributed by atoms with Crippen LogP contribution in [-0.2, 0) is 0 Å². The molecule has 0 aliphatic rings. The quantitative estimate of drug-likeness (QED) is 0.589. The van der Waals surface area contributed by atoms with E-state index in [1.54, 1.807) is 12.1 Å². The van der Waals surface area contributed by atoms with Crippen LogP contribution in [0.5, 0.6) is 5.75 Å². The lowest BCUT2D eigenvalue weighted by atomic mass is 10.0. The van der Waals surface area contributed by atoms with Gasteiger partial charge in [0.05, 0.1) is 5.69 Å². The molecule has 0 radical (unpaired) electrons. The van der Waals surface area contributed by atoms with Crippen LogP contribution < -0.4 is 0 Å². The Balaban J connectivity index is 2.03. The molecule has 0 amide bonds. The van der Waals surface area contributed by atoms with Gasteiger partial charge in [0.25, 0.3) is 0 Å². The Morgan fingerprint density at radius 1 is 0.913 bits per heavy atom. The molecule has 4 heteroatoms. The maximum Gasteiger partial charge on any atom is 0.193 e. The second-order valence-electron chi connectivity index (χ2n) is 5.42. The predicted molar refractivity (Wildman–Crippen MR) is 89.1 cm³/mol. The topological polar surface area (TPSA) is 59.2 Å². The molecule has 4 nitrogen and oxygen atoms in total. The Morgan fingerprint density at radius 2 is 1.70 bits per heavy atom. The van der Waals surface area contributed by atoms with Gasteiger partial charge in [-0.25, -0.2) is 4.98 Å². The minimum absolute atomic E-state index is 0.213. The molecule has 0 aliphatic heterocycles. The zero-order chi connectivity index (χ0) is 15.8. The van der Waals surface area contributed by atoms with Crippen LogP contribution >= 0.6 is 0 Å². The van der Waals surface area contributed by atoms with Gasteiger partial charge < -0.3 is 9.63 Å². The number of pyridine rings is 1. The largest absolute Gasteiger partial charge is 0.508 e. The van der Waals surface area contributed by atoms with E-state index in [1.807, 2.05) is 55.5 Å².